The molecule has 1 aliphatic heterocycles. The van der Waals surface area contributed by atoms with Gasteiger partial charge in [-0.2, -0.15) is 0 Å². The van der Waals surface area contributed by atoms with Gasteiger partial charge in [0.05, 0.1) is 29.4 Å². The molecule has 0 amide bonds. The number of hydrogen-bond acceptors (Lipinski definition) is 11. The SMILES string of the molecule is COc1ccc(C=N[C@@H]2[C@@H](OC(=O)c3ccccc3)O[C@@H](COC(=O)c3ccccc3)[C@@H](OC(=O)c3ccccc3)[C@H]2OC(=O)c2ccccc2)cc1. The van der Waals surface area contributed by atoms with E-state index in [9.17, 15) is 19.2 Å². The van der Waals surface area contributed by atoms with Crippen LogP contribution in [0.15, 0.2) is 151 Å². The van der Waals surface area contributed by atoms with Crippen molar-refractivity contribution < 1.29 is 47.6 Å². The van der Waals surface area contributed by atoms with Crippen molar-refractivity contribution in [2.75, 3.05) is 13.7 Å². The molecule has 0 bridgehead atoms. The lowest BCUT2D eigenvalue weighted by molar-refractivity contribution is -0.247. The summed E-state index contributed by atoms with van der Waals surface area (Å²) in [7, 11) is 1.55. The Hall–Kier alpha value is -6.59. The lowest BCUT2D eigenvalue weighted by Crippen LogP contribution is -2.61. The van der Waals surface area contributed by atoms with E-state index in [0.717, 1.165) is 0 Å². The average Bonchev–Trinajstić information content (AvgIpc) is 3.22. The van der Waals surface area contributed by atoms with Crippen LogP contribution < -0.4 is 4.74 Å². The van der Waals surface area contributed by atoms with Crippen molar-refractivity contribution in [3.63, 3.8) is 0 Å². The van der Waals surface area contributed by atoms with Crippen LogP contribution in [-0.4, -0.2) is 74.5 Å². The number of carbonyl (C=O) groups is 4. The largest absolute Gasteiger partial charge is 0.497 e. The van der Waals surface area contributed by atoms with Crippen LogP contribution in [0.1, 0.15) is 47.0 Å². The molecule has 5 aromatic rings. The normalized spacial score (nSPS) is 19.5. The first kappa shape index (κ1) is 36.2. The first-order chi connectivity index (χ1) is 25.9. The van der Waals surface area contributed by atoms with Crippen molar-refractivity contribution in [1.29, 1.82) is 0 Å². The minimum atomic E-state index is -1.52. The highest BCUT2D eigenvalue weighted by Crippen LogP contribution is 2.32. The fraction of sp³-hybridized carbons (Fsp3) is 0.167. The number of ether oxygens (including phenoxy) is 6. The molecule has 0 unspecified atom stereocenters. The van der Waals surface area contributed by atoms with E-state index in [-0.39, 0.29) is 22.3 Å². The molecular weight excluding hydrogens is 678 g/mol. The van der Waals surface area contributed by atoms with E-state index in [1.54, 1.807) is 153 Å². The second kappa shape index (κ2) is 17.6. The highest BCUT2D eigenvalue weighted by molar-refractivity contribution is 5.91. The fourth-order valence-corrected chi connectivity index (χ4v) is 5.51. The smallest absolute Gasteiger partial charge is 0.340 e. The molecule has 1 saturated heterocycles. The number of benzene rings is 5. The van der Waals surface area contributed by atoms with Crippen LogP contribution in [-0.2, 0) is 23.7 Å². The van der Waals surface area contributed by atoms with Gasteiger partial charge in [0.1, 0.15) is 18.5 Å². The third-order valence-corrected chi connectivity index (χ3v) is 8.25. The molecule has 5 aromatic carbocycles. The molecule has 0 spiro atoms. The first-order valence-electron chi connectivity index (χ1n) is 16.7. The summed E-state index contributed by atoms with van der Waals surface area (Å²) in [5.41, 5.74) is 1.52. The summed E-state index contributed by atoms with van der Waals surface area (Å²) in [6.07, 6.45) is -4.16. The zero-order valence-electron chi connectivity index (χ0n) is 28.6. The summed E-state index contributed by atoms with van der Waals surface area (Å²) in [6.45, 7) is -0.478. The van der Waals surface area contributed by atoms with Crippen LogP contribution in [0.2, 0.25) is 0 Å². The molecule has 1 aliphatic rings. The van der Waals surface area contributed by atoms with Crippen molar-refractivity contribution >= 4 is 30.1 Å². The van der Waals surface area contributed by atoms with Crippen LogP contribution >= 0.6 is 0 Å². The molecule has 268 valence electrons. The van der Waals surface area contributed by atoms with Crippen LogP contribution in [0, 0.1) is 0 Å². The molecule has 0 aromatic heterocycles. The van der Waals surface area contributed by atoms with Gasteiger partial charge in [0.2, 0.25) is 6.29 Å². The minimum Gasteiger partial charge on any atom is -0.497 e. The van der Waals surface area contributed by atoms with E-state index < -0.39 is 61.1 Å². The Morgan fingerprint density at radius 1 is 0.566 bits per heavy atom. The van der Waals surface area contributed by atoms with E-state index >= 15 is 0 Å². The summed E-state index contributed by atoms with van der Waals surface area (Å²) in [5, 5.41) is 0. The Balaban J connectivity index is 1.42. The van der Waals surface area contributed by atoms with Crippen molar-refractivity contribution in [1.82, 2.24) is 0 Å². The Kier molecular flexibility index (Phi) is 12.0. The number of aliphatic imine (C=N–C) groups is 1. The number of esters is 4. The lowest BCUT2D eigenvalue weighted by Gasteiger charge is -2.43. The van der Waals surface area contributed by atoms with E-state index in [2.05, 4.69) is 0 Å². The van der Waals surface area contributed by atoms with Gasteiger partial charge in [-0.1, -0.05) is 72.8 Å². The fourth-order valence-electron chi connectivity index (χ4n) is 5.51. The van der Waals surface area contributed by atoms with E-state index in [4.69, 9.17) is 33.4 Å². The Morgan fingerprint density at radius 3 is 1.47 bits per heavy atom. The van der Waals surface area contributed by atoms with Gasteiger partial charge >= 0.3 is 23.9 Å². The lowest BCUT2D eigenvalue weighted by atomic mass is 9.96. The van der Waals surface area contributed by atoms with Crippen LogP contribution in [0.3, 0.4) is 0 Å². The molecule has 53 heavy (non-hydrogen) atoms. The summed E-state index contributed by atoms with van der Waals surface area (Å²) in [6, 6.07) is 38.6. The predicted molar refractivity (Wildman–Crippen MR) is 193 cm³/mol. The Morgan fingerprint density at radius 2 is 1.00 bits per heavy atom. The second-order valence-corrected chi connectivity index (χ2v) is 11.8. The zero-order chi connectivity index (χ0) is 37.0. The van der Waals surface area contributed by atoms with Gasteiger partial charge in [-0.15, -0.1) is 0 Å². The number of nitrogens with zero attached hydrogens (tertiary/aromatic N) is 1. The minimum absolute atomic E-state index is 0.204. The molecule has 1 heterocycles. The van der Waals surface area contributed by atoms with Gasteiger partial charge in [0.25, 0.3) is 0 Å². The highest BCUT2D eigenvalue weighted by atomic mass is 16.7. The number of hydrogen-bond donors (Lipinski definition) is 0. The monoisotopic (exact) mass is 713 g/mol. The van der Waals surface area contributed by atoms with Gasteiger partial charge in [-0.3, -0.25) is 4.99 Å². The molecule has 0 saturated carbocycles. The van der Waals surface area contributed by atoms with Crippen LogP contribution in [0.5, 0.6) is 5.75 Å². The zero-order valence-corrected chi connectivity index (χ0v) is 28.6. The molecule has 1 fully saturated rings. The van der Waals surface area contributed by atoms with Crippen LogP contribution in [0.25, 0.3) is 0 Å². The molecule has 0 N–H and O–H groups in total. The van der Waals surface area contributed by atoms with Gasteiger partial charge in [0, 0.05) is 6.21 Å². The molecule has 0 radical (unpaired) electrons. The number of methoxy groups -OCH3 is 1. The van der Waals surface area contributed by atoms with Crippen molar-refractivity contribution in [3.8, 4) is 5.75 Å². The van der Waals surface area contributed by atoms with E-state index in [1.807, 2.05) is 0 Å². The second-order valence-electron chi connectivity index (χ2n) is 11.8. The van der Waals surface area contributed by atoms with Crippen molar-refractivity contribution in [3.05, 3.63) is 173 Å². The molecule has 0 aliphatic carbocycles. The molecule has 11 nitrogen and oxygen atoms in total. The summed E-state index contributed by atoms with van der Waals surface area (Å²) >= 11 is 0. The summed E-state index contributed by atoms with van der Waals surface area (Å²) in [4.78, 5) is 58.7. The topological polar surface area (TPSA) is 136 Å². The maximum Gasteiger partial charge on any atom is 0.340 e. The molecular formula is C42H35NO10. The molecule has 5 atom stereocenters. The highest BCUT2D eigenvalue weighted by Gasteiger charge is 2.52. The molecule has 11 heteroatoms. The Labute approximate surface area is 305 Å². The number of rotatable bonds is 12. The first-order valence-corrected chi connectivity index (χ1v) is 16.7. The summed E-state index contributed by atoms with van der Waals surface area (Å²) in [5.74, 6) is -2.35. The van der Waals surface area contributed by atoms with Crippen molar-refractivity contribution in [2.24, 2.45) is 4.99 Å². The standard InChI is InChI=1S/C42H35NO10/c1-48-33-24-22-28(23-25-33)26-43-35-37(52-40(46)31-18-10-4-11-19-31)36(51-39(45)30-16-8-3-9-17-30)34(27-49-38(44)29-14-6-2-7-15-29)50-42(35)53-41(47)32-20-12-5-13-21-32/h2-26,34-37,42H,27H2,1H3/t34-,35-,36+,37-,42+/m0/s1. The average molecular weight is 714 g/mol. The van der Waals surface area contributed by atoms with E-state index in [1.165, 1.54) is 6.21 Å². The van der Waals surface area contributed by atoms with Crippen LogP contribution in [0.4, 0.5) is 0 Å². The third-order valence-electron chi connectivity index (χ3n) is 8.25. The van der Waals surface area contributed by atoms with Gasteiger partial charge < -0.3 is 28.4 Å². The Bertz CT molecular complexity index is 2010. The van der Waals surface area contributed by atoms with Gasteiger partial charge in [-0.25, -0.2) is 19.2 Å². The quantitative estimate of drug-likeness (QED) is 0.0815. The molecule has 6 rings (SSSR count). The maximum absolute atomic E-state index is 13.8. The maximum atomic E-state index is 13.8. The van der Waals surface area contributed by atoms with E-state index in [0.29, 0.717) is 11.3 Å². The van der Waals surface area contributed by atoms with Gasteiger partial charge in [-0.05, 0) is 78.4 Å². The van der Waals surface area contributed by atoms with Gasteiger partial charge in [0.15, 0.2) is 18.2 Å². The third kappa shape index (κ3) is 9.40. The number of carbonyl (C=O) groups excluding carboxylic acids is 4. The summed E-state index contributed by atoms with van der Waals surface area (Å²) < 4.78 is 35.4. The van der Waals surface area contributed by atoms with Crippen molar-refractivity contribution in [2.45, 2.75) is 30.6 Å². The predicted octanol–water partition coefficient (Wildman–Crippen LogP) is 6.37.